The molecule has 1 aromatic carbocycles. The van der Waals surface area contributed by atoms with E-state index in [2.05, 4.69) is 0 Å². The molecule has 0 N–H and O–H groups in total. The minimum atomic E-state index is -0.386. The maximum atomic E-state index is 11.4. The summed E-state index contributed by atoms with van der Waals surface area (Å²) in [6.07, 6.45) is 0. The van der Waals surface area contributed by atoms with Gasteiger partial charge in [-0.25, -0.2) is 4.79 Å². The fourth-order valence-corrected chi connectivity index (χ4v) is 2.11. The van der Waals surface area contributed by atoms with Crippen LogP contribution in [0.15, 0.2) is 27.4 Å². The number of nitrogens with zero attached hydrogens (tertiary/aromatic N) is 1. The monoisotopic (exact) mass is 235 g/mol. The molecule has 0 unspecified atom stereocenters. The summed E-state index contributed by atoms with van der Waals surface area (Å²) in [6.45, 7) is 1.07. The fraction of sp³-hybridized carbons (Fsp3) is 0.417. The molecule has 17 heavy (non-hydrogen) atoms. The first-order valence-corrected chi connectivity index (χ1v) is 5.39. The average Bonchev–Trinajstić information content (AvgIpc) is 2.54. The van der Waals surface area contributed by atoms with Crippen molar-refractivity contribution in [2.45, 2.75) is 5.60 Å². The maximum absolute atomic E-state index is 11.4. The molecule has 3 rings (SSSR count). The van der Waals surface area contributed by atoms with Crippen molar-refractivity contribution in [1.82, 2.24) is 4.57 Å². The number of aryl methyl sites for hydroxylation is 1. The Morgan fingerprint density at radius 1 is 1.41 bits per heavy atom. The normalized spacial score (nSPS) is 18.2. The van der Waals surface area contributed by atoms with E-state index in [4.69, 9.17) is 13.9 Å². The Labute approximate surface area is 97.5 Å². The molecular formula is C12H13NO4. The van der Waals surface area contributed by atoms with E-state index in [-0.39, 0.29) is 11.4 Å². The molecule has 1 aliphatic rings. The van der Waals surface area contributed by atoms with E-state index >= 15 is 0 Å². The smallest absolute Gasteiger partial charge is 0.408 e. The predicted molar refractivity (Wildman–Crippen MR) is 61.0 cm³/mol. The molecule has 1 saturated heterocycles. The van der Waals surface area contributed by atoms with Gasteiger partial charge in [0.2, 0.25) is 0 Å². The highest BCUT2D eigenvalue weighted by molar-refractivity contribution is 5.74. The van der Waals surface area contributed by atoms with Crippen molar-refractivity contribution < 1.29 is 13.9 Å². The van der Waals surface area contributed by atoms with Crippen LogP contribution in [0.5, 0.6) is 0 Å². The molecule has 2 aromatic rings. The van der Waals surface area contributed by atoms with Gasteiger partial charge >= 0.3 is 5.76 Å². The van der Waals surface area contributed by atoms with E-state index in [0.29, 0.717) is 18.8 Å². The van der Waals surface area contributed by atoms with Crippen LogP contribution in [0.25, 0.3) is 11.1 Å². The van der Waals surface area contributed by atoms with Crippen molar-refractivity contribution in [1.29, 1.82) is 0 Å². The number of ether oxygens (including phenoxy) is 2. The molecule has 0 radical (unpaired) electrons. The molecule has 5 nitrogen and oxygen atoms in total. The second kappa shape index (κ2) is 3.45. The lowest BCUT2D eigenvalue weighted by Gasteiger charge is -2.40. The Kier molecular flexibility index (Phi) is 2.14. The zero-order valence-corrected chi connectivity index (χ0v) is 9.73. The van der Waals surface area contributed by atoms with Gasteiger partial charge in [-0.05, 0) is 17.7 Å². The Morgan fingerprint density at radius 3 is 2.76 bits per heavy atom. The molecular weight excluding hydrogens is 222 g/mol. The van der Waals surface area contributed by atoms with Gasteiger partial charge < -0.3 is 13.9 Å². The van der Waals surface area contributed by atoms with Gasteiger partial charge in [0.05, 0.1) is 18.7 Å². The van der Waals surface area contributed by atoms with Crippen LogP contribution in [0.1, 0.15) is 5.56 Å². The van der Waals surface area contributed by atoms with Crippen molar-refractivity contribution in [2.75, 3.05) is 20.3 Å². The number of aromatic nitrogens is 1. The maximum Gasteiger partial charge on any atom is 0.419 e. The summed E-state index contributed by atoms with van der Waals surface area (Å²) in [6, 6.07) is 5.67. The number of fused-ring (bicyclic) bond motifs is 1. The number of oxazole rings is 1. The lowest BCUT2D eigenvalue weighted by Crippen LogP contribution is -2.48. The summed E-state index contributed by atoms with van der Waals surface area (Å²) in [4.78, 5) is 11.4. The highest BCUT2D eigenvalue weighted by Crippen LogP contribution is 2.34. The van der Waals surface area contributed by atoms with Crippen molar-refractivity contribution >= 4 is 11.1 Å². The summed E-state index contributed by atoms with van der Waals surface area (Å²) >= 11 is 0. The van der Waals surface area contributed by atoms with Crippen LogP contribution in [-0.4, -0.2) is 24.9 Å². The second-order valence-electron chi connectivity index (χ2n) is 4.30. The molecule has 90 valence electrons. The van der Waals surface area contributed by atoms with E-state index in [1.54, 1.807) is 14.2 Å². The topological polar surface area (TPSA) is 53.6 Å². The van der Waals surface area contributed by atoms with Crippen LogP contribution in [0, 0.1) is 0 Å². The zero-order chi connectivity index (χ0) is 12.0. The molecule has 0 aliphatic carbocycles. The Bertz CT molecular complexity index is 615. The lowest BCUT2D eigenvalue weighted by atomic mass is 9.91. The molecule has 0 amide bonds. The average molecular weight is 235 g/mol. The van der Waals surface area contributed by atoms with Crippen molar-refractivity contribution in [3.8, 4) is 0 Å². The van der Waals surface area contributed by atoms with Gasteiger partial charge in [-0.1, -0.05) is 6.07 Å². The molecule has 2 heterocycles. The summed E-state index contributed by atoms with van der Waals surface area (Å²) < 4.78 is 17.3. The lowest BCUT2D eigenvalue weighted by molar-refractivity contribution is -0.202. The molecule has 0 atom stereocenters. The van der Waals surface area contributed by atoms with Gasteiger partial charge in [-0.2, -0.15) is 0 Å². The number of rotatable bonds is 2. The minimum absolute atomic E-state index is 0.353. The van der Waals surface area contributed by atoms with Gasteiger partial charge in [0, 0.05) is 14.2 Å². The van der Waals surface area contributed by atoms with E-state index in [1.165, 1.54) is 4.57 Å². The number of methoxy groups -OCH3 is 1. The van der Waals surface area contributed by atoms with Gasteiger partial charge in [0.25, 0.3) is 0 Å². The molecule has 0 bridgehead atoms. The molecule has 1 aliphatic heterocycles. The predicted octanol–water partition coefficient (Wildman–Crippen LogP) is 1.00. The van der Waals surface area contributed by atoms with Crippen molar-refractivity contribution in [3.63, 3.8) is 0 Å². The van der Waals surface area contributed by atoms with Gasteiger partial charge in [0.1, 0.15) is 5.60 Å². The molecule has 0 saturated carbocycles. The largest absolute Gasteiger partial charge is 0.419 e. The third kappa shape index (κ3) is 1.36. The third-order valence-corrected chi connectivity index (χ3v) is 3.38. The SMILES string of the molecule is COC1(c2ccc3c(c2)oc(=O)n3C)COC1. The molecule has 0 spiro atoms. The number of hydrogen-bond acceptors (Lipinski definition) is 4. The fourth-order valence-electron chi connectivity index (χ4n) is 2.11. The summed E-state index contributed by atoms with van der Waals surface area (Å²) in [7, 11) is 3.35. The molecule has 5 heteroatoms. The zero-order valence-electron chi connectivity index (χ0n) is 9.73. The third-order valence-electron chi connectivity index (χ3n) is 3.38. The van der Waals surface area contributed by atoms with E-state index in [9.17, 15) is 4.79 Å². The minimum Gasteiger partial charge on any atom is -0.408 e. The summed E-state index contributed by atoms with van der Waals surface area (Å²) in [5.41, 5.74) is 1.96. The van der Waals surface area contributed by atoms with Gasteiger partial charge in [0.15, 0.2) is 5.58 Å². The molecule has 1 aromatic heterocycles. The number of benzene rings is 1. The van der Waals surface area contributed by atoms with Gasteiger partial charge in [-0.3, -0.25) is 4.57 Å². The second-order valence-corrected chi connectivity index (χ2v) is 4.30. The van der Waals surface area contributed by atoms with E-state index in [1.807, 2.05) is 18.2 Å². The summed E-state index contributed by atoms with van der Waals surface area (Å²) in [5.74, 6) is -0.353. The van der Waals surface area contributed by atoms with Gasteiger partial charge in [-0.15, -0.1) is 0 Å². The van der Waals surface area contributed by atoms with Crippen molar-refractivity contribution in [3.05, 3.63) is 34.3 Å². The summed E-state index contributed by atoms with van der Waals surface area (Å²) in [5, 5.41) is 0. The first-order chi connectivity index (χ1) is 8.16. The Balaban J connectivity index is 2.17. The van der Waals surface area contributed by atoms with Crippen LogP contribution in [0.2, 0.25) is 0 Å². The van der Waals surface area contributed by atoms with Crippen LogP contribution >= 0.6 is 0 Å². The van der Waals surface area contributed by atoms with Crippen LogP contribution in [0.4, 0.5) is 0 Å². The van der Waals surface area contributed by atoms with E-state index < -0.39 is 0 Å². The van der Waals surface area contributed by atoms with Crippen molar-refractivity contribution in [2.24, 2.45) is 7.05 Å². The Hall–Kier alpha value is -1.59. The van der Waals surface area contributed by atoms with E-state index in [0.717, 1.165) is 11.1 Å². The highest BCUT2D eigenvalue weighted by atomic mass is 16.6. The standard InChI is InChI=1S/C12H13NO4/c1-13-9-4-3-8(5-10(9)17-11(13)14)12(15-2)6-16-7-12/h3-5H,6-7H2,1-2H3. The first kappa shape index (κ1) is 10.6. The van der Waals surface area contributed by atoms with Crippen LogP contribution in [-0.2, 0) is 22.1 Å². The van der Waals surface area contributed by atoms with Crippen LogP contribution < -0.4 is 5.76 Å². The highest BCUT2D eigenvalue weighted by Gasteiger charge is 2.40. The Morgan fingerprint density at radius 2 is 2.18 bits per heavy atom. The van der Waals surface area contributed by atoms with Crippen LogP contribution in [0.3, 0.4) is 0 Å². The first-order valence-electron chi connectivity index (χ1n) is 5.39. The molecule has 1 fully saturated rings. The number of hydrogen-bond donors (Lipinski definition) is 0. The quantitative estimate of drug-likeness (QED) is 0.779.